The topological polar surface area (TPSA) is 144 Å². The van der Waals surface area contributed by atoms with Gasteiger partial charge in [0.2, 0.25) is 0 Å². The van der Waals surface area contributed by atoms with E-state index in [0.29, 0.717) is 0 Å². The number of ether oxygens (including phenoxy) is 6. The van der Waals surface area contributed by atoms with Gasteiger partial charge in [-0.3, -0.25) is 0 Å². The van der Waals surface area contributed by atoms with Crippen molar-refractivity contribution >= 4 is 24.1 Å². The Bertz CT molecular complexity index is 2020. The second kappa shape index (κ2) is 15.9. The lowest BCUT2D eigenvalue weighted by Gasteiger charge is -2.42. The highest BCUT2D eigenvalue weighted by atomic mass is 16.7. The third kappa shape index (κ3) is 7.81. The van der Waals surface area contributed by atoms with Gasteiger partial charge in [0.05, 0.1) is 16.7 Å². The van der Waals surface area contributed by atoms with E-state index in [1.807, 2.05) is 48.5 Å². The van der Waals surface area contributed by atoms with Crippen LogP contribution >= 0.6 is 0 Å². The summed E-state index contributed by atoms with van der Waals surface area (Å²) in [4.78, 5) is 53.2. The van der Waals surface area contributed by atoms with Crippen LogP contribution in [0.4, 0.5) is 4.79 Å². The third-order valence-corrected chi connectivity index (χ3v) is 9.06. The summed E-state index contributed by atoms with van der Waals surface area (Å²) < 4.78 is 34.3. The molecule has 0 bridgehead atoms. The number of fused-ring (bicyclic) bond motifs is 3. The first kappa shape index (κ1) is 35.1. The van der Waals surface area contributed by atoms with Gasteiger partial charge in [-0.25, -0.2) is 19.2 Å². The van der Waals surface area contributed by atoms with Gasteiger partial charge in [0.25, 0.3) is 0 Å². The van der Waals surface area contributed by atoms with Crippen LogP contribution in [0.2, 0.25) is 0 Å². The number of carbonyl (C=O) groups excluding carboxylic acids is 4. The number of benzene rings is 5. The van der Waals surface area contributed by atoms with E-state index >= 15 is 0 Å². The van der Waals surface area contributed by atoms with Crippen molar-refractivity contribution in [2.24, 2.45) is 0 Å². The number of carbonyl (C=O) groups is 4. The molecule has 1 aliphatic heterocycles. The minimum absolute atomic E-state index is 0.0255. The van der Waals surface area contributed by atoms with Crippen molar-refractivity contribution in [2.75, 3.05) is 13.2 Å². The average Bonchev–Trinajstić information content (AvgIpc) is 3.52. The monoisotopic (exact) mass is 714 g/mol. The molecule has 1 aliphatic carbocycles. The standard InChI is InChI=1S/C42H34O11/c43-38(26-14-4-1-5-15-26)51-35-34(25-49-42(47)48-24-33-31-22-12-10-20-29(31)30-21-11-13-23-32(30)33)50-41(46)37(53-40(45)28-18-8-3-9-19-28)36(35)52-39(44)27-16-6-2-7-17-27/h1-23,33-37,41,46H,24-25H2/t34-,35+,36+,37-,41?/m1/s1. The normalized spacial score (nSPS) is 20.3. The molecular formula is C42H34O11. The second-order valence-electron chi connectivity index (χ2n) is 12.4. The molecule has 268 valence electrons. The first-order valence-corrected chi connectivity index (χ1v) is 17.0. The number of rotatable bonds is 10. The van der Waals surface area contributed by atoms with E-state index in [9.17, 15) is 24.3 Å². The molecule has 2 aliphatic rings. The van der Waals surface area contributed by atoms with E-state index in [0.717, 1.165) is 22.3 Å². The van der Waals surface area contributed by atoms with Crippen LogP contribution in [0.1, 0.15) is 48.1 Å². The molecule has 5 aromatic rings. The van der Waals surface area contributed by atoms with Crippen molar-refractivity contribution in [3.05, 3.63) is 167 Å². The molecule has 1 N–H and O–H groups in total. The largest absolute Gasteiger partial charge is 0.508 e. The molecule has 11 heteroatoms. The lowest BCUT2D eigenvalue weighted by atomic mass is 9.97. The number of aliphatic hydroxyl groups excluding tert-OH is 1. The Balaban J connectivity index is 1.13. The van der Waals surface area contributed by atoms with Crippen molar-refractivity contribution in [1.82, 2.24) is 0 Å². The van der Waals surface area contributed by atoms with Gasteiger partial charge in [-0.2, -0.15) is 0 Å². The molecule has 0 spiro atoms. The lowest BCUT2D eigenvalue weighted by molar-refractivity contribution is -0.284. The van der Waals surface area contributed by atoms with Crippen LogP contribution in [0.15, 0.2) is 140 Å². The molecule has 5 aromatic carbocycles. The van der Waals surface area contributed by atoms with Crippen molar-refractivity contribution < 1.29 is 52.7 Å². The van der Waals surface area contributed by atoms with E-state index in [2.05, 4.69) is 0 Å². The van der Waals surface area contributed by atoms with Crippen molar-refractivity contribution in [3.63, 3.8) is 0 Å². The summed E-state index contributed by atoms with van der Waals surface area (Å²) in [6, 6.07) is 39.7. The van der Waals surface area contributed by atoms with Crippen molar-refractivity contribution in [3.8, 4) is 11.1 Å². The SMILES string of the molecule is O=C(OCC1c2ccccc2-c2ccccc21)OC[C@H]1OC(O)[C@H](OC(=O)c2ccccc2)[C@@H](OC(=O)c2ccccc2)[C@H]1OC(=O)c1ccccc1. The van der Waals surface area contributed by atoms with Gasteiger partial charge in [-0.1, -0.05) is 103 Å². The Morgan fingerprint density at radius 3 is 1.38 bits per heavy atom. The molecule has 0 amide bonds. The number of aliphatic hydroxyl groups is 1. The number of esters is 3. The Labute approximate surface area is 304 Å². The summed E-state index contributed by atoms with van der Waals surface area (Å²) >= 11 is 0. The highest BCUT2D eigenvalue weighted by molar-refractivity contribution is 5.91. The minimum Gasteiger partial charge on any atom is -0.452 e. The molecule has 1 heterocycles. The van der Waals surface area contributed by atoms with Gasteiger partial charge in [-0.15, -0.1) is 0 Å². The molecule has 5 atom stereocenters. The van der Waals surface area contributed by atoms with E-state index in [-0.39, 0.29) is 29.2 Å². The Hall–Kier alpha value is -6.30. The van der Waals surface area contributed by atoms with Gasteiger partial charge < -0.3 is 33.5 Å². The quantitative estimate of drug-likeness (QED) is 0.128. The van der Waals surface area contributed by atoms with Crippen LogP contribution in [-0.4, -0.2) is 73.1 Å². The summed E-state index contributed by atoms with van der Waals surface area (Å²) in [6.07, 6.45) is -9.20. The molecule has 1 fully saturated rings. The summed E-state index contributed by atoms with van der Waals surface area (Å²) in [5.41, 5.74) is 4.56. The van der Waals surface area contributed by atoms with Crippen LogP contribution in [0, 0.1) is 0 Å². The zero-order valence-electron chi connectivity index (χ0n) is 28.2. The maximum Gasteiger partial charge on any atom is 0.508 e. The van der Waals surface area contributed by atoms with Gasteiger partial charge >= 0.3 is 24.1 Å². The van der Waals surface area contributed by atoms with Crippen LogP contribution < -0.4 is 0 Å². The highest BCUT2D eigenvalue weighted by Crippen LogP contribution is 2.44. The van der Waals surface area contributed by atoms with E-state index in [1.54, 1.807) is 54.6 Å². The molecule has 53 heavy (non-hydrogen) atoms. The Morgan fingerprint density at radius 2 is 0.887 bits per heavy atom. The van der Waals surface area contributed by atoms with E-state index in [1.165, 1.54) is 36.4 Å². The van der Waals surface area contributed by atoms with Gasteiger partial charge in [0, 0.05) is 5.92 Å². The predicted octanol–water partition coefficient (Wildman–Crippen LogP) is 6.35. The number of hydrogen-bond donors (Lipinski definition) is 1. The molecule has 1 unspecified atom stereocenters. The third-order valence-electron chi connectivity index (χ3n) is 9.06. The predicted molar refractivity (Wildman–Crippen MR) is 189 cm³/mol. The first-order valence-electron chi connectivity index (χ1n) is 17.0. The molecule has 0 radical (unpaired) electrons. The second-order valence-corrected chi connectivity index (χ2v) is 12.4. The van der Waals surface area contributed by atoms with Crippen molar-refractivity contribution in [2.45, 2.75) is 36.6 Å². The fourth-order valence-electron chi connectivity index (χ4n) is 6.51. The number of hydrogen-bond acceptors (Lipinski definition) is 11. The highest BCUT2D eigenvalue weighted by Gasteiger charge is 2.53. The Kier molecular flexibility index (Phi) is 10.6. The zero-order valence-corrected chi connectivity index (χ0v) is 28.2. The van der Waals surface area contributed by atoms with Crippen LogP contribution in [0.3, 0.4) is 0 Å². The molecule has 7 rings (SSSR count). The first-order chi connectivity index (χ1) is 25.9. The lowest BCUT2D eigenvalue weighted by Crippen LogP contribution is -2.62. The summed E-state index contributed by atoms with van der Waals surface area (Å²) in [7, 11) is 0. The van der Waals surface area contributed by atoms with Gasteiger partial charge in [-0.05, 0) is 58.7 Å². The average molecular weight is 715 g/mol. The van der Waals surface area contributed by atoms with Crippen LogP contribution in [-0.2, 0) is 28.4 Å². The van der Waals surface area contributed by atoms with E-state index in [4.69, 9.17) is 28.4 Å². The minimum atomic E-state index is -1.90. The summed E-state index contributed by atoms with van der Waals surface area (Å²) in [5, 5.41) is 11.3. The smallest absolute Gasteiger partial charge is 0.452 e. The summed E-state index contributed by atoms with van der Waals surface area (Å²) in [6.45, 7) is -0.624. The zero-order chi connectivity index (χ0) is 36.7. The fourth-order valence-corrected chi connectivity index (χ4v) is 6.51. The van der Waals surface area contributed by atoms with Crippen LogP contribution in [0.25, 0.3) is 11.1 Å². The summed E-state index contributed by atoms with van der Waals surface area (Å²) in [5.74, 6) is -2.79. The maximum absolute atomic E-state index is 13.5. The van der Waals surface area contributed by atoms with E-state index < -0.39 is 61.4 Å². The molecular weight excluding hydrogens is 680 g/mol. The van der Waals surface area contributed by atoms with Gasteiger partial charge in [0.15, 0.2) is 24.6 Å². The fraction of sp³-hybridized carbons (Fsp3) is 0.190. The molecule has 0 aromatic heterocycles. The van der Waals surface area contributed by atoms with Crippen LogP contribution in [0.5, 0.6) is 0 Å². The maximum atomic E-state index is 13.5. The van der Waals surface area contributed by atoms with Crippen molar-refractivity contribution in [1.29, 1.82) is 0 Å². The molecule has 11 nitrogen and oxygen atoms in total. The molecule has 1 saturated heterocycles. The molecule has 0 saturated carbocycles. The Morgan fingerprint density at radius 1 is 0.491 bits per heavy atom. The van der Waals surface area contributed by atoms with Gasteiger partial charge in [0.1, 0.15) is 19.3 Å².